The summed E-state index contributed by atoms with van der Waals surface area (Å²) in [5, 5.41) is 8.69. The second-order valence-corrected chi connectivity index (χ2v) is 4.47. The maximum atomic E-state index is 11.5. The number of fused-ring (bicyclic) bond motifs is 3. The van der Waals surface area contributed by atoms with E-state index < -0.39 is 5.91 Å². The predicted octanol–water partition coefficient (Wildman–Crippen LogP) is 2.57. The number of aryl methyl sites for hydroxylation is 2. The van der Waals surface area contributed by atoms with Crippen LogP contribution in [-0.2, 0) is 12.8 Å². The molecule has 0 bridgehead atoms. The van der Waals surface area contributed by atoms with E-state index in [2.05, 4.69) is 12.1 Å². The molecule has 2 N–H and O–H groups in total. The minimum atomic E-state index is -0.471. The van der Waals surface area contributed by atoms with E-state index in [0.29, 0.717) is 5.56 Å². The fraction of sp³-hybridized carbons (Fsp3) is 0.133. The van der Waals surface area contributed by atoms with E-state index >= 15 is 0 Å². The minimum Gasteiger partial charge on any atom is -0.288 e. The van der Waals surface area contributed by atoms with Crippen LogP contribution in [0.5, 0.6) is 0 Å². The number of carbonyl (C=O) groups excluding carboxylic acids is 1. The highest BCUT2D eigenvalue weighted by atomic mass is 16.5. The third-order valence-corrected chi connectivity index (χ3v) is 3.44. The van der Waals surface area contributed by atoms with Gasteiger partial charge < -0.3 is 0 Å². The van der Waals surface area contributed by atoms with Gasteiger partial charge in [0.25, 0.3) is 5.91 Å². The second kappa shape index (κ2) is 4.27. The summed E-state index contributed by atoms with van der Waals surface area (Å²) in [6, 6.07) is 13.8. The lowest BCUT2D eigenvalue weighted by Gasteiger charge is -2.20. The molecule has 3 heteroatoms. The van der Waals surface area contributed by atoms with E-state index in [9.17, 15) is 4.79 Å². The quantitative estimate of drug-likeness (QED) is 0.593. The SMILES string of the molecule is O=C(NO)c1ccc2c(c1)-c1ccccc1CC2. The molecule has 0 heterocycles. The van der Waals surface area contributed by atoms with Crippen LogP contribution >= 0.6 is 0 Å². The van der Waals surface area contributed by atoms with Crippen molar-refractivity contribution in [3.05, 3.63) is 59.2 Å². The molecule has 0 saturated heterocycles. The summed E-state index contributed by atoms with van der Waals surface area (Å²) in [6.45, 7) is 0. The lowest BCUT2D eigenvalue weighted by Crippen LogP contribution is -2.19. The third kappa shape index (κ3) is 1.69. The third-order valence-electron chi connectivity index (χ3n) is 3.44. The Morgan fingerprint density at radius 2 is 1.72 bits per heavy atom. The number of amides is 1. The van der Waals surface area contributed by atoms with Crippen LogP contribution in [0.15, 0.2) is 42.5 Å². The molecule has 0 aliphatic heterocycles. The van der Waals surface area contributed by atoms with Crippen LogP contribution in [0, 0.1) is 0 Å². The fourth-order valence-corrected chi connectivity index (χ4v) is 2.52. The van der Waals surface area contributed by atoms with Gasteiger partial charge in [-0.25, -0.2) is 5.48 Å². The number of hydrogen-bond acceptors (Lipinski definition) is 2. The zero-order chi connectivity index (χ0) is 12.5. The maximum absolute atomic E-state index is 11.5. The molecule has 1 aliphatic carbocycles. The highest BCUT2D eigenvalue weighted by Crippen LogP contribution is 2.33. The van der Waals surface area contributed by atoms with Gasteiger partial charge in [0.2, 0.25) is 0 Å². The number of hydrogen-bond donors (Lipinski definition) is 2. The number of nitrogens with one attached hydrogen (secondary N) is 1. The van der Waals surface area contributed by atoms with E-state index in [1.54, 1.807) is 11.5 Å². The van der Waals surface area contributed by atoms with Crippen molar-refractivity contribution < 1.29 is 10.0 Å². The van der Waals surface area contributed by atoms with Gasteiger partial charge in [0.05, 0.1) is 0 Å². The normalized spacial score (nSPS) is 12.5. The van der Waals surface area contributed by atoms with Crippen LogP contribution in [0.4, 0.5) is 0 Å². The molecule has 0 spiro atoms. The van der Waals surface area contributed by atoms with Crippen LogP contribution in [0.1, 0.15) is 21.5 Å². The minimum absolute atomic E-state index is 0.471. The van der Waals surface area contributed by atoms with Gasteiger partial charge in [-0.2, -0.15) is 0 Å². The summed E-state index contributed by atoms with van der Waals surface area (Å²) in [7, 11) is 0. The molecular formula is C15H13NO2. The lowest BCUT2D eigenvalue weighted by molar-refractivity contribution is 0.0706. The maximum Gasteiger partial charge on any atom is 0.274 e. The molecule has 1 aliphatic rings. The van der Waals surface area contributed by atoms with Crippen molar-refractivity contribution >= 4 is 5.91 Å². The smallest absolute Gasteiger partial charge is 0.274 e. The molecule has 0 aromatic heterocycles. The largest absolute Gasteiger partial charge is 0.288 e. The predicted molar refractivity (Wildman–Crippen MR) is 68.5 cm³/mol. The van der Waals surface area contributed by atoms with E-state index in [0.717, 1.165) is 18.4 Å². The van der Waals surface area contributed by atoms with Crippen molar-refractivity contribution in [1.82, 2.24) is 5.48 Å². The molecular weight excluding hydrogens is 226 g/mol. The van der Waals surface area contributed by atoms with E-state index in [4.69, 9.17) is 5.21 Å². The van der Waals surface area contributed by atoms with Crippen molar-refractivity contribution in [3.8, 4) is 11.1 Å². The van der Waals surface area contributed by atoms with Crippen molar-refractivity contribution in [1.29, 1.82) is 0 Å². The second-order valence-electron chi connectivity index (χ2n) is 4.47. The number of benzene rings is 2. The Hall–Kier alpha value is -2.13. The summed E-state index contributed by atoms with van der Waals surface area (Å²) in [4.78, 5) is 11.5. The van der Waals surface area contributed by atoms with Crippen LogP contribution in [0.3, 0.4) is 0 Å². The van der Waals surface area contributed by atoms with Gasteiger partial charge in [-0.05, 0) is 47.2 Å². The molecule has 90 valence electrons. The van der Waals surface area contributed by atoms with Gasteiger partial charge in [-0.1, -0.05) is 30.3 Å². The molecule has 1 amide bonds. The van der Waals surface area contributed by atoms with Crippen molar-refractivity contribution in [2.45, 2.75) is 12.8 Å². The Labute approximate surface area is 105 Å². The highest BCUT2D eigenvalue weighted by molar-refractivity contribution is 5.95. The average Bonchev–Trinajstić information content (AvgIpc) is 2.45. The molecule has 0 atom stereocenters. The molecule has 0 unspecified atom stereocenters. The summed E-state index contributed by atoms with van der Waals surface area (Å²) in [6.07, 6.45) is 2.03. The fourth-order valence-electron chi connectivity index (χ4n) is 2.52. The number of rotatable bonds is 1. The van der Waals surface area contributed by atoms with Gasteiger partial charge in [0.1, 0.15) is 0 Å². The van der Waals surface area contributed by atoms with E-state index in [1.807, 2.05) is 24.3 Å². The average molecular weight is 239 g/mol. The Morgan fingerprint density at radius 3 is 2.50 bits per heavy atom. The molecule has 2 aromatic carbocycles. The lowest BCUT2D eigenvalue weighted by atomic mass is 9.85. The van der Waals surface area contributed by atoms with Crippen molar-refractivity contribution in [2.75, 3.05) is 0 Å². The molecule has 3 nitrogen and oxygen atoms in total. The van der Waals surface area contributed by atoms with Gasteiger partial charge >= 0.3 is 0 Å². The van der Waals surface area contributed by atoms with Crippen LogP contribution in [-0.4, -0.2) is 11.1 Å². The van der Waals surface area contributed by atoms with Crippen LogP contribution < -0.4 is 5.48 Å². The van der Waals surface area contributed by atoms with Crippen LogP contribution in [0.25, 0.3) is 11.1 Å². The summed E-state index contributed by atoms with van der Waals surface area (Å²) in [5.74, 6) is -0.471. The Balaban J connectivity index is 2.16. The monoisotopic (exact) mass is 239 g/mol. The molecule has 2 aromatic rings. The van der Waals surface area contributed by atoms with E-state index in [1.165, 1.54) is 16.7 Å². The summed E-state index contributed by atoms with van der Waals surface area (Å²) >= 11 is 0. The summed E-state index contributed by atoms with van der Waals surface area (Å²) < 4.78 is 0. The first-order valence-electron chi connectivity index (χ1n) is 5.95. The van der Waals surface area contributed by atoms with Crippen molar-refractivity contribution in [2.24, 2.45) is 0 Å². The summed E-state index contributed by atoms with van der Waals surface area (Å²) in [5.41, 5.74) is 7.00. The zero-order valence-electron chi connectivity index (χ0n) is 9.81. The Morgan fingerprint density at radius 1 is 1.00 bits per heavy atom. The van der Waals surface area contributed by atoms with Gasteiger partial charge in [0, 0.05) is 5.56 Å². The first-order valence-corrected chi connectivity index (χ1v) is 5.95. The Kier molecular flexibility index (Phi) is 2.61. The number of carbonyl (C=O) groups is 1. The van der Waals surface area contributed by atoms with Gasteiger partial charge in [-0.3, -0.25) is 10.0 Å². The molecule has 0 radical (unpaired) electrons. The molecule has 3 rings (SSSR count). The van der Waals surface area contributed by atoms with E-state index in [-0.39, 0.29) is 0 Å². The Bertz CT molecular complexity index is 620. The topological polar surface area (TPSA) is 49.3 Å². The van der Waals surface area contributed by atoms with Gasteiger partial charge in [-0.15, -0.1) is 0 Å². The zero-order valence-corrected chi connectivity index (χ0v) is 9.81. The van der Waals surface area contributed by atoms with Crippen LogP contribution in [0.2, 0.25) is 0 Å². The standard InChI is InChI=1S/C15H13NO2/c17-15(16-18)12-8-7-11-6-5-10-3-1-2-4-13(10)14(11)9-12/h1-4,7-9,18H,5-6H2,(H,16,17). The first-order chi connectivity index (χ1) is 8.79. The van der Waals surface area contributed by atoms with Crippen molar-refractivity contribution in [3.63, 3.8) is 0 Å². The molecule has 0 saturated carbocycles. The molecule has 18 heavy (non-hydrogen) atoms. The van der Waals surface area contributed by atoms with Gasteiger partial charge in [0.15, 0.2) is 0 Å². The highest BCUT2D eigenvalue weighted by Gasteiger charge is 2.17. The molecule has 0 fully saturated rings. The number of hydroxylamine groups is 1. The first kappa shape index (κ1) is 11.0.